The molecule has 1 N–H and O–H groups in total. The molecular formula is C16H17F3N2. The smallest absolute Gasteiger partial charge is 0.310 e. The van der Waals surface area contributed by atoms with Crippen molar-refractivity contribution in [2.75, 3.05) is 6.54 Å². The summed E-state index contributed by atoms with van der Waals surface area (Å²) in [6.45, 7) is 2.56. The SMILES string of the molecule is CC(NCCc1ccncc1)c1cccc(C(F)(F)F)c1. The summed E-state index contributed by atoms with van der Waals surface area (Å²) in [5.41, 5.74) is 1.18. The summed E-state index contributed by atoms with van der Waals surface area (Å²) in [6.07, 6.45) is -0.0320. The number of nitrogens with one attached hydrogen (secondary N) is 1. The van der Waals surface area contributed by atoms with Crippen LogP contribution in [0.15, 0.2) is 48.8 Å². The predicted molar refractivity (Wildman–Crippen MR) is 75.8 cm³/mol. The van der Waals surface area contributed by atoms with E-state index in [0.717, 1.165) is 18.1 Å². The maximum atomic E-state index is 12.7. The molecule has 1 heterocycles. The highest BCUT2D eigenvalue weighted by molar-refractivity contribution is 5.27. The van der Waals surface area contributed by atoms with E-state index in [1.54, 1.807) is 18.5 Å². The molecular weight excluding hydrogens is 277 g/mol. The fourth-order valence-corrected chi connectivity index (χ4v) is 2.08. The molecule has 1 aromatic carbocycles. The van der Waals surface area contributed by atoms with E-state index in [0.29, 0.717) is 12.1 Å². The number of alkyl halides is 3. The lowest BCUT2D eigenvalue weighted by atomic mass is 10.0. The Bertz CT molecular complexity index is 567. The molecule has 112 valence electrons. The van der Waals surface area contributed by atoms with Crippen LogP contribution in [0, 0.1) is 0 Å². The first kappa shape index (κ1) is 15.5. The third-order valence-electron chi connectivity index (χ3n) is 3.33. The van der Waals surface area contributed by atoms with Gasteiger partial charge < -0.3 is 5.32 Å². The molecule has 0 aliphatic rings. The Morgan fingerprint density at radius 2 is 1.86 bits per heavy atom. The summed E-state index contributed by atoms with van der Waals surface area (Å²) in [4.78, 5) is 3.94. The van der Waals surface area contributed by atoms with Crippen LogP contribution >= 0.6 is 0 Å². The van der Waals surface area contributed by atoms with E-state index in [4.69, 9.17) is 0 Å². The highest BCUT2D eigenvalue weighted by Gasteiger charge is 2.30. The molecule has 0 saturated heterocycles. The number of hydrogen-bond acceptors (Lipinski definition) is 2. The monoisotopic (exact) mass is 294 g/mol. The standard InChI is InChI=1S/C16H17F3N2/c1-12(21-10-7-13-5-8-20-9-6-13)14-3-2-4-15(11-14)16(17,18)19/h2-6,8-9,11-12,21H,7,10H2,1H3. The minimum absolute atomic E-state index is 0.130. The second kappa shape index (κ2) is 6.72. The van der Waals surface area contributed by atoms with Gasteiger partial charge in [-0.2, -0.15) is 13.2 Å². The molecule has 0 saturated carbocycles. The highest BCUT2D eigenvalue weighted by atomic mass is 19.4. The highest BCUT2D eigenvalue weighted by Crippen LogP contribution is 2.30. The quantitative estimate of drug-likeness (QED) is 0.901. The van der Waals surface area contributed by atoms with E-state index >= 15 is 0 Å². The van der Waals surface area contributed by atoms with Crippen LogP contribution in [0.25, 0.3) is 0 Å². The second-order valence-corrected chi connectivity index (χ2v) is 4.90. The topological polar surface area (TPSA) is 24.9 Å². The first-order valence-electron chi connectivity index (χ1n) is 6.76. The van der Waals surface area contributed by atoms with Crippen LogP contribution < -0.4 is 5.32 Å². The average Bonchev–Trinajstić information content (AvgIpc) is 2.47. The molecule has 0 fully saturated rings. The molecule has 0 spiro atoms. The van der Waals surface area contributed by atoms with Crippen molar-refractivity contribution in [2.24, 2.45) is 0 Å². The third-order valence-corrected chi connectivity index (χ3v) is 3.33. The van der Waals surface area contributed by atoms with Crippen LogP contribution in [0.3, 0.4) is 0 Å². The minimum Gasteiger partial charge on any atom is -0.310 e. The summed E-state index contributed by atoms with van der Waals surface area (Å²) in [7, 11) is 0. The molecule has 2 rings (SSSR count). The Labute approximate surface area is 122 Å². The fraction of sp³-hybridized carbons (Fsp3) is 0.312. The van der Waals surface area contributed by atoms with Crippen molar-refractivity contribution in [2.45, 2.75) is 25.6 Å². The predicted octanol–water partition coefficient (Wildman–Crippen LogP) is 3.99. The number of aromatic nitrogens is 1. The molecule has 2 nitrogen and oxygen atoms in total. The lowest BCUT2D eigenvalue weighted by molar-refractivity contribution is -0.137. The Balaban J connectivity index is 1.93. The van der Waals surface area contributed by atoms with Crippen LogP contribution in [0.1, 0.15) is 29.7 Å². The molecule has 0 aliphatic carbocycles. The fourth-order valence-electron chi connectivity index (χ4n) is 2.08. The van der Waals surface area contributed by atoms with Gasteiger partial charge >= 0.3 is 6.18 Å². The molecule has 5 heteroatoms. The van der Waals surface area contributed by atoms with Crippen molar-refractivity contribution in [3.05, 3.63) is 65.5 Å². The molecule has 21 heavy (non-hydrogen) atoms. The summed E-state index contributed by atoms with van der Waals surface area (Å²) in [5, 5.41) is 3.24. The number of rotatable bonds is 5. The lowest BCUT2D eigenvalue weighted by Gasteiger charge is -2.16. The van der Waals surface area contributed by atoms with Crippen LogP contribution in [0.4, 0.5) is 13.2 Å². The first-order chi connectivity index (χ1) is 9.97. The summed E-state index contributed by atoms with van der Waals surface area (Å²) in [6, 6.07) is 9.16. The second-order valence-electron chi connectivity index (χ2n) is 4.90. The van der Waals surface area contributed by atoms with Crippen molar-refractivity contribution in [1.29, 1.82) is 0 Å². The normalized spacial score (nSPS) is 13.1. The van der Waals surface area contributed by atoms with Crippen LogP contribution in [-0.2, 0) is 12.6 Å². The summed E-state index contributed by atoms with van der Waals surface area (Å²) < 4.78 is 38.0. The Hall–Kier alpha value is -1.88. The largest absolute Gasteiger partial charge is 0.416 e. The van der Waals surface area contributed by atoms with Gasteiger partial charge in [-0.1, -0.05) is 12.1 Å². The Morgan fingerprint density at radius 3 is 2.52 bits per heavy atom. The molecule has 1 atom stereocenters. The Kier molecular flexibility index (Phi) is 4.96. The molecule has 0 aliphatic heterocycles. The van der Waals surface area contributed by atoms with Gasteiger partial charge in [0.2, 0.25) is 0 Å². The van der Waals surface area contributed by atoms with E-state index in [2.05, 4.69) is 10.3 Å². The van der Waals surface area contributed by atoms with Gasteiger partial charge in [-0.25, -0.2) is 0 Å². The number of halogens is 3. The zero-order valence-electron chi connectivity index (χ0n) is 11.7. The van der Waals surface area contributed by atoms with E-state index in [-0.39, 0.29) is 6.04 Å². The van der Waals surface area contributed by atoms with Crippen LogP contribution in [0.5, 0.6) is 0 Å². The van der Waals surface area contributed by atoms with Gasteiger partial charge in [0.25, 0.3) is 0 Å². The minimum atomic E-state index is -4.30. The Morgan fingerprint density at radius 1 is 1.14 bits per heavy atom. The van der Waals surface area contributed by atoms with Crippen LogP contribution in [-0.4, -0.2) is 11.5 Å². The van der Waals surface area contributed by atoms with Crippen molar-refractivity contribution in [1.82, 2.24) is 10.3 Å². The van der Waals surface area contributed by atoms with Crippen molar-refractivity contribution in [3.63, 3.8) is 0 Å². The van der Waals surface area contributed by atoms with E-state index in [1.807, 2.05) is 19.1 Å². The van der Waals surface area contributed by atoms with Crippen LogP contribution in [0.2, 0.25) is 0 Å². The van der Waals surface area contributed by atoms with Gasteiger partial charge in [-0.3, -0.25) is 4.98 Å². The van der Waals surface area contributed by atoms with E-state index < -0.39 is 11.7 Å². The van der Waals surface area contributed by atoms with Gasteiger partial charge in [0.05, 0.1) is 5.56 Å². The molecule has 0 radical (unpaired) electrons. The lowest BCUT2D eigenvalue weighted by Crippen LogP contribution is -2.21. The van der Waals surface area contributed by atoms with E-state index in [9.17, 15) is 13.2 Å². The number of hydrogen-bond donors (Lipinski definition) is 1. The molecule has 1 aromatic heterocycles. The average molecular weight is 294 g/mol. The van der Waals surface area contributed by atoms with Gasteiger partial charge in [-0.15, -0.1) is 0 Å². The van der Waals surface area contributed by atoms with Gasteiger partial charge in [0, 0.05) is 18.4 Å². The maximum Gasteiger partial charge on any atom is 0.416 e. The zero-order valence-corrected chi connectivity index (χ0v) is 11.7. The number of pyridine rings is 1. The third kappa shape index (κ3) is 4.56. The van der Waals surface area contributed by atoms with Crippen molar-refractivity contribution < 1.29 is 13.2 Å². The number of benzene rings is 1. The van der Waals surface area contributed by atoms with Crippen molar-refractivity contribution >= 4 is 0 Å². The van der Waals surface area contributed by atoms with Gasteiger partial charge in [-0.05, 0) is 55.3 Å². The number of nitrogens with zero attached hydrogens (tertiary/aromatic N) is 1. The van der Waals surface area contributed by atoms with E-state index in [1.165, 1.54) is 12.1 Å². The first-order valence-corrected chi connectivity index (χ1v) is 6.76. The maximum absolute atomic E-state index is 12.7. The van der Waals surface area contributed by atoms with Crippen molar-refractivity contribution in [3.8, 4) is 0 Å². The summed E-state index contributed by atoms with van der Waals surface area (Å²) >= 11 is 0. The molecule has 0 bridgehead atoms. The summed E-state index contributed by atoms with van der Waals surface area (Å²) in [5.74, 6) is 0. The zero-order chi connectivity index (χ0) is 15.3. The van der Waals surface area contributed by atoms with Gasteiger partial charge in [0.1, 0.15) is 0 Å². The van der Waals surface area contributed by atoms with Gasteiger partial charge in [0.15, 0.2) is 0 Å². The molecule has 2 aromatic rings. The molecule has 1 unspecified atom stereocenters. The molecule has 0 amide bonds.